The number of nitro groups is 1. The number of benzene rings is 2. The van der Waals surface area contributed by atoms with Crippen LogP contribution in [0.25, 0.3) is 0 Å². The van der Waals surface area contributed by atoms with Crippen molar-refractivity contribution >= 4 is 17.3 Å². The Morgan fingerprint density at radius 2 is 1.76 bits per heavy atom. The number of non-ortho nitro benzene ring substituents is 1. The van der Waals surface area contributed by atoms with Crippen molar-refractivity contribution < 1.29 is 9.72 Å². The number of para-hydroxylation sites is 1. The molecule has 1 amide bonds. The number of rotatable bonds is 3. The molecule has 2 aromatic rings. The predicted octanol–water partition coefficient (Wildman–Crippen LogP) is 2.58. The van der Waals surface area contributed by atoms with E-state index in [1.54, 1.807) is 12.1 Å². The molecule has 1 atom stereocenters. The van der Waals surface area contributed by atoms with Gasteiger partial charge in [0.1, 0.15) is 0 Å². The molecular weight excluding hydrogens is 270 g/mol. The average Bonchev–Trinajstić information content (AvgIpc) is 2.90. The molecule has 6 nitrogen and oxygen atoms in total. The van der Waals surface area contributed by atoms with Crippen molar-refractivity contribution in [2.24, 2.45) is 0 Å². The molecular formula is C15H13N3O3. The van der Waals surface area contributed by atoms with Gasteiger partial charge in [-0.1, -0.05) is 30.3 Å². The fraction of sp³-hybridized carbons (Fsp3) is 0.133. The molecule has 6 heteroatoms. The minimum atomic E-state index is -0.437. The quantitative estimate of drug-likeness (QED) is 0.694. The second-order valence-corrected chi connectivity index (χ2v) is 4.80. The molecule has 2 aromatic carbocycles. The molecule has 1 aliphatic rings. The number of amides is 1. The van der Waals surface area contributed by atoms with Crippen LogP contribution in [0.2, 0.25) is 0 Å². The normalized spacial score (nSPS) is 18.0. The lowest BCUT2D eigenvalue weighted by molar-refractivity contribution is -0.384. The minimum absolute atomic E-state index is 0.0236. The Morgan fingerprint density at radius 3 is 2.38 bits per heavy atom. The summed E-state index contributed by atoms with van der Waals surface area (Å²) in [5, 5.41) is 12.2. The molecule has 3 rings (SSSR count). The third kappa shape index (κ3) is 2.61. The van der Waals surface area contributed by atoms with Gasteiger partial charge in [-0.3, -0.25) is 14.9 Å². The molecule has 1 aliphatic heterocycles. The molecule has 0 radical (unpaired) electrons. The summed E-state index contributed by atoms with van der Waals surface area (Å²) in [7, 11) is 0. The Labute approximate surface area is 121 Å². The number of nitrogens with one attached hydrogen (secondary N) is 1. The topological polar surface area (TPSA) is 75.5 Å². The summed E-state index contributed by atoms with van der Waals surface area (Å²) in [6, 6.07) is 15.4. The molecule has 1 N–H and O–H groups in total. The van der Waals surface area contributed by atoms with Crippen molar-refractivity contribution in [1.29, 1.82) is 0 Å². The van der Waals surface area contributed by atoms with Gasteiger partial charge in [0.05, 0.1) is 16.7 Å². The van der Waals surface area contributed by atoms with Crippen LogP contribution in [0.5, 0.6) is 0 Å². The van der Waals surface area contributed by atoms with Gasteiger partial charge in [-0.25, -0.2) is 10.4 Å². The molecule has 1 unspecified atom stereocenters. The lowest BCUT2D eigenvalue weighted by Gasteiger charge is -2.18. The number of hydrazine groups is 1. The first-order valence-electron chi connectivity index (χ1n) is 6.53. The highest BCUT2D eigenvalue weighted by Crippen LogP contribution is 2.28. The van der Waals surface area contributed by atoms with E-state index >= 15 is 0 Å². The number of nitrogens with zero attached hydrogens (tertiary/aromatic N) is 2. The fourth-order valence-corrected chi connectivity index (χ4v) is 2.36. The van der Waals surface area contributed by atoms with Gasteiger partial charge in [0, 0.05) is 18.6 Å². The van der Waals surface area contributed by atoms with Crippen molar-refractivity contribution in [2.75, 3.05) is 5.01 Å². The highest BCUT2D eigenvalue weighted by atomic mass is 16.6. The van der Waals surface area contributed by atoms with Crippen LogP contribution < -0.4 is 10.4 Å². The zero-order valence-electron chi connectivity index (χ0n) is 11.1. The maximum atomic E-state index is 12.1. The smallest absolute Gasteiger partial charge is 0.269 e. The third-order valence-corrected chi connectivity index (χ3v) is 3.43. The maximum absolute atomic E-state index is 12.1. The van der Waals surface area contributed by atoms with E-state index in [9.17, 15) is 14.9 Å². The zero-order chi connectivity index (χ0) is 14.8. The Kier molecular flexibility index (Phi) is 3.37. The summed E-state index contributed by atoms with van der Waals surface area (Å²) in [5.74, 6) is -0.0236. The zero-order valence-corrected chi connectivity index (χ0v) is 11.1. The lowest BCUT2D eigenvalue weighted by atomic mass is 10.1. The van der Waals surface area contributed by atoms with E-state index in [1.807, 2.05) is 30.3 Å². The molecule has 106 valence electrons. The van der Waals surface area contributed by atoms with Crippen LogP contribution in [0, 0.1) is 10.1 Å². The molecule has 1 fully saturated rings. The number of nitro benzene ring substituents is 1. The predicted molar refractivity (Wildman–Crippen MR) is 77.5 cm³/mol. The van der Waals surface area contributed by atoms with Crippen LogP contribution in [0.15, 0.2) is 54.6 Å². The number of hydrogen-bond donors (Lipinski definition) is 1. The van der Waals surface area contributed by atoms with Crippen LogP contribution in [-0.4, -0.2) is 10.8 Å². The minimum Gasteiger partial charge on any atom is -0.273 e. The summed E-state index contributed by atoms with van der Waals surface area (Å²) in [6.07, 6.45) is 0.326. The lowest BCUT2D eigenvalue weighted by Crippen LogP contribution is -2.34. The number of hydrogen-bond acceptors (Lipinski definition) is 4. The van der Waals surface area contributed by atoms with Crippen LogP contribution in [-0.2, 0) is 4.79 Å². The van der Waals surface area contributed by atoms with Crippen molar-refractivity contribution in [2.45, 2.75) is 12.5 Å². The molecule has 0 aliphatic carbocycles. The van der Waals surface area contributed by atoms with Crippen LogP contribution in [0.1, 0.15) is 18.0 Å². The molecule has 1 saturated heterocycles. The summed E-state index contributed by atoms with van der Waals surface area (Å²) in [5.41, 5.74) is 4.82. The van der Waals surface area contributed by atoms with Gasteiger partial charge >= 0.3 is 0 Å². The van der Waals surface area contributed by atoms with Crippen LogP contribution in [0.3, 0.4) is 0 Å². The number of carbonyl (C=O) groups is 1. The molecule has 0 aromatic heterocycles. The molecule has 0 saturated carbocycles. The Bertz CT molecular complexity index is 670. The van der Waals surface area contributed by atoms with E-state index in [1.165, 1.54) is 17.1 Å². The summed E-state index contributed by atoms with van der Waals surface area (Å²) in [4.78, 5) is 22.3. The van der Waals surface area contributed by atoms with Gasteiger partial charge in [-0.05, 0) is 17.7 Å². The second kappa shape index (κ2) is 5.34. The van der Waals surface area contributed by atoms with Crippen LogP contribution in [0.4, 0.5) is 11.4 Å². The molecule has 0 bridgehead atoms. The third-order valence-electron chi connectivity index (χ3n) is 3.43. The summed E-state index contributed by atoms with van der Waals surface area (Å²) >= 11 is 0. The average molecular weight is 283 g/mol. The van der Waals surface area contributed by atoms with Crippen molar-refractivity contribution in [3.05, 3.63) is 70.3 Å². The van der Waals surface area contributed by atoms with Crippen LogP contribution >= 0.6 is 0 Å². The Balaban J connectivity index is 1.79. The Morgan fingerprint density at radius 1 is 1.10 bits per heavy atom. The van der Waals surface area contributed by atoms with Crippen molar-refractivity contribution in [3.8, 4) is 0 Å². The van der Waals surface area contributed by atoms with E-state index in [0.29, 0.717) is 6.42 Å². The van der Waals surface area contributed by atoms with Gasteiger partial charge in [-0.15, -0.1) is 0 Å². The molecule has 1 heterocycles. The van der Waals surface area contributed by atoms with E-state index in [4.69, 9.17) is 0 Å². The van der Waals surface area contributed by atoms with Crippen molar-refractivity contribution in [3.63, 3.8) is 0 Å². The maximum Gasteiger partial charge on any atom is 0.269 e. The molecule has 0 spiro atoms. The fourth-order valence-electron chi connectivity index (χ4n) is 2.36. The summed E-state index contributed by atoms with van der Waals surface area (Å²) < 4.78 is 0. The van der Waals surface area contributed by atoms with E-state index < -0.39 is 4.92 Å². The largest absolute Gasteiger partial charge is 0.273 e. The number of carbonyl (C=O) groups excluding carboxylic acids is 1. The van der Waals surface area contributed by atoms with Crippen molar-refractivity contribution in [1.82, 2.24) is 5.43 Å². The first kappa shape index (κ1) is 13.3. The monoisotopic (exact) mass is 283 g/mol. The first-order chi connectivity index (χ1) is 10.1. The SMILES string of the molecule is O=C1CC(c2ccc([N+](=O)[O-])cc2)NN1c1ccccc1. The first-order valence-corrected chi connectivity index (χ1v) is 6.53. The highest BCUT2D eigenvalue weighted by Gasteiger charge is 2.31. The number of anilines is 1. The van der Waals surface area contributed by atoms with E-state index in [-0.39, 0.29) is 17.6 Å². The summed E-state index contributed by atoms with van der Waals surface area (Å²) in [6.45, 7) is 0. The standard InChI is InChI=1S/C15H13N3O3/c19-15-10-14(11-6-8-13(9-7-11)18(20)21)16-17(15)12-4-2-1-3-5-12/h1-9,14,16H,10H2. The van der Waals surface area contributed by atoms with Gasteiger partial charge in [0.2, 0.25) is 5.91 Å². The van der Waals surface area contributed by atoms with Gasteiger partial charge < -0.3 is 0 Å². The van der Waals surface area contributed by atoms with E-state index in [2.05, 4.69) is 5.43 Å². The van der Waals surface area contributed by atoms with Gasteiger partial charge in [-0.2, -0.15) is 0 Å². The molecule has 21 heavy (non-hydrogen) atoms. The highest BCUT2D eigenvalue weighted by molar-refractivity contribution is 5.95. The van der Waals surface area contributed by atoms with Gasteiger partial charge in [0.25, 0.3) is 5.69 Å². The Hall–Kier alpha value is -2.73. The van der Waals surface area contributed by atoms with E-state index in [0.717, 1.165) is 11.3 Å². The second-order valence-electron chi connectivity index (χ2n) is 4.80. The van der Waals surface area contributed by atoms with Gasteiger partial charge in [0.15, 0.2) is 0 Å².